The van der Waals surface area contributed by atoms with Gasteiger partial charge in [0, 0.05) is 24.7 Å². The Morgan fingerprint density at radius 2 is 1.95 bits per heavy atom. The maximum atomic E-state index is 14.0. The maximum absolute atomic E-state index is 14.0. The van der Waals surface area contributed by atoms with Gasteiger partial charge in [0.25, 0.3) is 0 Å². The molecule has 1 saturated heterocycles. The van der Waals surface area contributed by atoms with Gasteiger partial charge in [-0.25, -0.2) is 17.5 Å². The van der Waals surface area contributed by atoms with Gasteiger partial charge < -0.3 is 14.8 Å². The van der Waals surface area contributed by atoms with Gasteiger partial charge in [0.05, 0.1) is 14.2 Å². The predicted molar refractivity (Wildman–Crippen MR) is 75.7 cm³/mol. The monoisotopic (exact) mass is 318 g/mol. The van der Waals surface area contributed by atoms with Crippen molar-refractivity contribution in [3.8, 4) is 11.5 Å². The van der Waals surface area contributed by atoms with Crippen LogP contribution in [0, 0.1) is 5.82 Å². The minimum absolute atomic E-state index is 0.147. The lowest BCUT2D eigenvalue weighted by Crippen LogP contribution is -2.45. The number of ether oxygens (including phenoxy) is 2. The number of benzene rings is 1. The van der Waals surface area contributed by atoms with Crippen molar-refractivity contribution in [2.75, 3.05) is 27.3 Å². The van der Waals surface area contributed by atoms with Crippen molar-refractivity contribution in [2.24, 2.45) is 0 Å². The maximum Gasteiger partial charge on any atom is 0.243 e. The van der Waals surface area contributed by atoms with Gasteiger partial charge in [-0.15, -0.1) is 0 Å². The van der Waals surface area contributed by atoms with Crippen LogP contribution in [-0.4, -0.2) is 41.8 Å². The highest BCUT2D eigenvalue weighted by atomic mass is 32.2. The molecule has 1 aliphatic rings. The summed E-state index contributed by atoms with van der Waals surface area (Å²) in [7, 11) is -1.22. The summed E-state index contributed by atoms with van der Waals surface area (Å²) in [6.07, 6.45) is 1.60. The highest BCUT2D eigenvalue weighted by Crippen LogP contribution is 2.31. The summed E-state index contributed by atoms with van der Waals surface area (Å²) in [5, 5.41) is 3.10. The van der Waals surface area contributed by atoms with E-state index in [0.29, 0.717) is 6.54 Å². The average molecular weight is 318 g/mol. The van der Waals surface area contributed by atoms with Gasteiger partial charge >= 0.3 is 0 Å². The molecule has 0 aromatic heterocycles. The van der Waals surface area contributed by atoms with Crippen molar-refractivity contribution in [1.29, 1.82) is 0 Å². The van der Waals surface area contributed by atoms with Crippen LogP contribution < -0.4 is 19.5 Å². The summed E-state index contributed by atoms with van der Waals surface area (Å²) in [6.45, 7) is 1.40. The van der Waals surface area contributed by atoms with E-state index >= 15 is 0 Å². The van der Waals surface area contributed by atoms with E-state index in [1.807, 2.05) is 0 Å². The number of piperidine rings is 1. The minimum atomic E-state index is -3.95. The van der Waals surface area contributed by atoms with Crippen molar-refractivity contribution in [2.45, 2.75) is 23.8 Å². The van der Waals surface area contributed by atoms with Crippen LogP contribution in [0.4, 0.5) is 4.39 Å². The first-order valence-electron chi connectivity index (χ1n) is 6.62. The van der Waals surface area contributed by atoms with Crippen LogP contribution in [0.3, 0.4) is 0 Å². The quantitative estimate of drug-likeness (QED) is 0.842. The second-order valence-corrected chi connectivity index (χ2v) is 6.48. The second-order valence-electron chi connectivity index (χ2n) is 4.80. The molecular weight excluding hydrogens is 299 g/mol. The third-order valence-corrected chi connectivity index (χ3v) is 4.88. The molecule has 2 N–H and O–H groups in total. The highest BCUT2D eigenvalue weighted by Gasteiger charge is 2.26. The molecule has 8 heteroatoms. The number of rotatable bonds is 5. The molecule has 21 heavy (non-hydrogen) atoms. The van der Waals surface area contributed by atoms with Crippen LogP contribution >= 0.6 is 0 Å². The van der Waals surface area contributed by atoms with E-state index in [9.17, 15) is 12.8 Å². The molecule has 2 rings (SSSR count). The molecule has 1 heterocycles. The van der Waals surface area contributed by atoms with Crippen LogP contribution in [0.25, 0.3) is 0 Å². The van der Waals surface area contributed by atoms with Gasteiger partial charge in [0.15, 0.2) is 11.5 Å². The minimum Gasteiger partial charge on any atom is -0.493 e. The smallest absolute Gasteiger partial charge is 0.243 e. The Hall–Kier alpha value is -1.38. The van der Waals surface area contributed by atoms with E-state index in [1.165, 1.54) is 14.2 Å². The summed E-state index contributed by atoms with van der Waals surface area (Å²) in [5.74, 6) is -0.557. The Morgan fingerprint density at radius 1 is 1.29 bits per heavy atom. The molecule has 1 atom stereocenters. The zero-order valence-corrected chi connectivity index (χ0v) is 12.8. The van der Waals surface area contributed by atoms with Crippen molar-refractivity contribution >= 4 is 10.0 Å². The SMILES string of the molecule is COc1cc(F)c(S(=O)(=O)N[C@@H]2CCCNC2)cc1OC. The molecule has 1 aliphatic heterocycles. The Kier molecular flexibility index (Phi) is 5.02. The fourth-order valence-electron chi connectivity index (χ4n) is 2.28. The zero-order valence-electron chi connectivity index (χ0n) is 12.0. The fraction of sp³-hybridized carbons (Fsp3) is 0.538. The Morgan fingerprint density at radius 3 is 2.52 bits per heavy atom. The normalized spacial score (nSPS) is 19.3. The van der Waals surface area contributed by atoms with E-state index in [4.69, 9.17) is 9.47 Å². The van der Waals surface area contributed by atoms with Crippen LogP contribution in [0.5, 0.6) is 11.5 Å². The van der Waals surface area contributed by atoms with E-state index in [-0.39, 0.29) is 17.5 Å². The van der Waals surface area contributed by atoms with E-state index in [1.54, 1.807) is 0 Å². The van der Waals surface area contributed by atoms with Crippen molar-refractivity contribution in [3.05, 3.63) is 17.9 Å². The second kappa shape index (κ2) is 6.59. The highest BCUT2D eigenvalue weighted by molar-refractivity contribution is 7.89. The zero-order chi connectivity index (χ0) is 15.5. The number of nitrogens with one attached hydrogen (secondary N) is 2. The first-order valence-corrected chi connectivity index (χ1v) is 8.11. The first kappa shape index (κ1) is 16.0. The molecule has 0 bridgehead atoms. The Bertz CT molecular complexity index is 600. The molecule has 6 nitrogen and oxygen atoms in total. The predicted octanol–water partition coefficient (Wildman–Crippen LogP) is 0.873. The molecule has 0 saturated carbocycles. The number of methoxy groups -OCH3 is 2. The average Bonchev–Trinajstić information content (AvgIpc) is 2.47. The van der Waals surface area contributed by atoms with Gasteiger partial charge in [0.2, 0.25) is 10.0 Å². The summed E-state index contributed by atoms with van der Waals surface area (Å²) in [4.78, 5) is -0.439. The molecule has 0 amide bonds. The first-order chi connectivity index (χ1) is 9.97. The summed E-state index contributed by atoms with van der Waals surface area (Å²) in [5.41, 5.74) is 0. The lowest BCUT2D eigenvalue weighted by atomic mass is 10.1. The van der Waals surface area contributed by atoms with Crippen LogP contribution in [-0.2, 0) is 10.0 Å². The number of hydrogen-bond donors (Lipinski definition) is 2. The fourth-order valence-corrected chi connectivity index (χ4v) is 3.62. The van der Waals surface area contributed by atoms with Gasteiger partial charge in [-0.3, -0.25) is 0 Å². The number of halogens is 1. The van der Waals surface area contributed by atoms with Gasteiger partial charge in [0.1, 0.15) is 10.7 Å². The van der Waals surface area contributed by atoms with Crippen LogP contribution in [0.1, 0.15) is 12.8 Å². The third kappa shape index (κ3) is 3.63. The van der Waals surface area contributed by atoms with Crippen molar-refractivity contribution < 1.29 is 22.3 Å². The Labute approximate surface area is 123 Å². The van der Waals surface area contributed by atoms with Gasteiger partial charge in [-0.2, -0.15) is 0 Å². The number of hydrogen-bond acceptors (Lipinski definition) is 5. The molecule has 1 aromatic rings. The van der Waals surface area contributed by atoms with Gasteiger partial charge in [-0.1, -0.05) is 0 Å². The largest absolute Gasteiger partial charge is 0.493 e. The van der Waals surface area contributed by atoms with E-state index in [2.05, 4.69) is 10.0 Å². The number of sulfonamides is 1. The summed E-state index contributed by atoms with van der Waals surface area (Å²) >= 11 is 0. The lowest BCUT2D eigenvalue weighted by molar-refractivity contribution is 0.350. The standard InChI is InChI=1S/C13H19FN2O4S/c1-19-11-6-10(14)13(7-12(11)20-2)21(17,18)16-9-4-3-5-15-8-9/h6-7,9,15-16H,3-5,8H2,1-2H3/t9-/m1/s1. The molecule has 0 radical (unpaired) electrons. The molecule has 1 fully saturated rings. The van der Waals surface area contributed by atoms with Gasteiger partial charge in [-0.05, 0) is 19.4 Å². The Balaban J connectivity index is 2.30. The topological polar surface area (TPSA) is 76.7 Å². The van der Waals surface area contributed by atoms with Crippen molar-refractivity contribution in [3.63, 3.8) is 0 Å². The molecule has 0 aliphatic carbocycles. The summed E-state index contributed by atoms with van der Waals surface area (Å²) < 4.78 is 51.1. The molecule has 118 valence electrons. The third-order valence-electron chi connectivity index (χ3n) is 3.35. The summed E-state index contributed by atoms with van der Waals surface area (Å²) in [6, 6.07) is 1.90. The molecule has 0 spiro atoms. The van der Waals surface area contributed by atoms with Crippen molar-refractivity contribution in [1.82, 2.24) is 10.0 Å². The molecular formula is C13H19FN2O4S. The van der Waals surface area contributed by atoms with Crippen LogP contribution in [0.15, 0.2) is 17.0 Å². The molecule has 0 unspecified atom stereocenters. The van der Waals surface area contributed by atoms with E-state index < -0.39 is 20.7 Å². The van der Waals surface area contributed by atoms with E-state index in [0.717, 1.165) is 31.5 Å². The molecule has 1 aromatic carbocycles. The van der Waals surface area contributed by atoms with Crippen LogP contribution in [0.2, 0.25) is 0 Å². The lowest BCUT2D eigenvalue weighted by Gasteiger charge is -2.23.